The van der Waals surface area contributed by atoms with Crippen LogP contribution in [0.15, 0.2) is 23.3 Å². The molecule has 1 atom stereocenters. The summed E-state index contributed by atoms with van der Waals surface area (Å²) in [5.74, 6) is 0.816. The molecule has 2 aliphatic carbocycles. The maximum Gasteiger partial charge on any atom is 0.182 e. The van der Waals surface area contributed by atoms with Crippen molar-refractivity contribution in [3.63, 3.8) is 0 Å². The Morgan fingerprint density at radius 3 is 2.94 bits per heavy atom. The van der Waals surface area contributed by atoms with Gasteiger partial charge in [0.05, 0.1) is 0 Å². The van der Waals surface area contributed by atoms with Gasteiger partial charge < -0.3 is 0 Å². The molecule has 0 N–H and O–H groups in total. The predicted octanol–water partition coefficient (Wildman–Crippen LogP) is 4.58. The number of rotatable bonds is 6. The molecule has 17 heavy (non-hydrogen) atoms. The van der Waals surface area contributed by atoms with E-state index in [2.05, 4.69) is 13.0 Å². The molecular weight excluding hydrogens is 208 g/mol. The molecule has 0 saturated heterocycles. The van der Waals surface area contributed by atoms with Crippen LogP contribution in [0.3, 0.4) is 0 Å². The Kier molecular flexibility index (Phi) is 4.58. The zero-order valence-electron chi connectivity index (χ0n) is 11.0. The topological polar surface area (TPSA) is 17.1 Å². The summed E-state index contributed by atoms with van der Waals surface area (Å²) < 4.78 is 0. The highest BCUT2D eigenvalue weighted by Gasteiger charge is 2.32. The fourth-order valence-electron chi connectivity index (χ4n) is 3.07. The van der Waals surface area contributed by atoms with Crippen LogP contribution in [0.4, 0.5) is 0 Å². The summed E-state index contributed by atoms with van der Waals surface area (Å²) in [7, 11) is 0. The number of unbranched alkanes of at least 4 members (excludes halogenated alkanes) is 5. The first-order valence-corrected chi connectivity index (χ1v) is 7.27. The van der Waals surface area contributed by atoms with Gasteiger partial charge in [-0.25, -0.2) is 0 Å². The Balaban J connectivity index is 1.76. The first-order chi connectivity index (χ1) is 8.33. The van der Waals surface area contributed by atoms with E-state index >= 15 is 0 Å². The summed E-state index contributed by atoms with van der Waals surface area (Å²) in [5.41, 5.74) is 2.53. The van der Waals surface area contributed by atoms with Gasteiger partial charge in [-0.3, -0.25) is 4.79 Å². The van der Waals surface area contributed by atoms with Crippen LogP contribution in [-0.2, 0) is 4.79 Å². The van der Waals surface area contributed by atoms with E-state index in [-0.39, 0.29) is 0 Å². The number of allylic oxidation sites excluding steroid dienone is 4. The molecular formula is C16H24O. The van der Waals surface area contributed by atoms with Crippen LogP contribution in [0.2, 0.25) is 0 Å². The van der Waals surface area contributed by atoms with E-state index in [1.54, 1.807) is 0 Å². The van der Waals surface area contributed by atoms with Gasteiger partial charge in [0, 0.05) is 11.5 Å². The van der Waals surface area contributed by atoms with Gasteiger partial charge in [0.2, 0.25) is 0 Å². The summed E-state index contributed by atoms with van der Waals surface area (Å²) in [6.07, 6.45) is 15.4. The third-order valence-electron chi connectivity index (χ3n) is 4.05. The molecule has 2 aliphatic rings. The molecule has 0 aromatic heterocycles. The summed E-state index contributed by atoms with van der Waals surface area (Å²) in [6, 6.07) is 0. The number of hydrogen-bond donors (Lipinski definition) is 0. The molecule has 1 unspecified atom stereocenters. The molecule has 94 valence electrons. The minimum atomic E-state index is 0.304. The molecule has 0 aromatic carbocycles. The van der Waals surface area contributed by atoms with Crippen LogP contribution >= 0.6 is 0 Å². The van der Waals surface area contributed by atoms with Crippen LogP contribution in [0, 0.1) is 5.92 Å². The monoisotopic (exact) mass is 232 g/mol. The lowest BCUT2D eigenvalue weighted by Gasteiger charge is -2.06. The molecule has 1 saturated carbocycles. The van der Waals surface area contributed by atoms with Gasteiger partial charge in [0.15, 0.2) is 5.78 Å². The van der Waals surface area contributed by atoms with Crippen molar-refractivity contribution >= 4 is 5.78 Å². The number of carbonyl (C=O) groups excluding carboxylic acids is 1. The largest absolute Gasteiger partial charge is 0.290 e. The van der Waals surface area contributed by atoms with E-state index in [9.17, 15) is 4.79 Å². The molecule has 2 rings (SSSR count). The predicted molar refractivity (Wildman–Crippen MR) is 71.9 cm³/mol. The van der Waals surface area contributed by atoms with Crippen molar-refractivity contribution in [2.24, 2.45) is 5.92 Å². The average Bonchev–Trinajstić information content (AvgIpc) is 2.85. The number of fused-ring (bicyclic) bond motifs is 1. The van der Waals surface area contributed by atoms with E-state index in [0.29, 0.717) is 11.7 Å². The van der Waals surface area contributed by atoms with Gasteiger partial charge in [-0.15, -0.1) is 0 Å². The molecule has 0 amide bonds. The van der Waals surface area contributed by atoms with E-state index in [1.807, 2.05) is 6.08 Å². The Hall–Kier alpha value is -0.850. The highest BCUT2D eigenvalue weighted by atomic mass is 16.1. The van der Waals surface area contributed by atoms with Crippen LogP contribution in [0.25, 0.3) is 0 Å². The number of hydrogen-bond acceptors (Lipinski definition) is 1. The first-order valence-electron chi connectivity index (χ1n) is 7.27. The molecule has 1 nitrogen and oxygen atoms in total. The quantitative estimate of drug-likeness (QED) is 0.484. The van der Waals surface area contributed by atoms with E-state index in [1.165, 1.54) is 50.5 Å². The van der Waals surface area contributed by atoms with Gasteiger partial charge >= 0.3 is 0 Å². The van der Waals surface area contributed by atoms with E-state index < -0.39 is 0 Å². The highest BCUT2D eigenvalue weighted by molar-refractivity contribution is 6.08. The van der Waals surface area contributed by atoms with Crippen molar-refractivity contribution in [3.8, 4) is 0 Å². The molecule has 0 aliphatic heterocycles. The molecule has 0 spiro atoms. The Labute approximate surface area is 105 Å². The normalized spacial score (nSPS) is 25.5. The molecule has 0 bridgehead atoms. The lowest BCUT2D eigenvalue weighted by atomic mass is 9.97. The minimum Gasteiger partial charge on any atom is -0.290 e. The van der Waals surface area contributed by atoms with Gasteiger partial charge in [0.1, 0.15) is 0 Å². The smallest absolute Gasteiger partial charge is 0.182 e. The van der Waals surface area contributed by atoms with E-state index in [4.69, 9.17) is 0 Å². The highest BCUT2D eigenvalue weighted by Crippen LogP contribution is 2.41. The van der Waals surface area contributed by atoms with Crippen molar-refractivity contribution in [2.75, 3.05) is 0 Å². The van der Waals surface area contributed by atoms with Crippen LogP contribution in [0.5, 0.6) is 0 Å². The number of carbonyl (C=O) groups is 1. The van der Waals surface area contributed by atoms with Crippen molar-refractivity contribution < 1.29 is 4.79 Å². The van der Waals surface area contributed by atoms with Crippen molar-refractivity contribution in [3.05, 3.63) is 23.3 Å². The van der Waals surface area contributed by atoms with Gasteiger partial charge in [-0.05, 0) is 38.2 Å². The summed E-state index contributed by atoms with van der Waals surface area (Å²) in [6.45, 7) is 2.24. The van der Waals surface area contributed by atoms with E-state index in [0.717, 1.165) is 18.4 Å². The van der Waals surface area contributed by atoms with Gasteiger partial charge in [0.25, 0.3) is 0 Å². The van der Waals surface area contributed by atoms with Crippen molar-refractivity contribution in [1.29, 1.82) is 0 Å². The zero-order chi connectivity index (χ0) is 12.1. The second kappa shape index (κ2) is 6.18. The SMILES string of the molecule is CCCCCCC/C=C1/C(=O)C=C2CCCC21. The van der Waals surface area contributed by atoms with Gasteiger partial charge in [-0.2, -0.15) is 0 Å². The average molecular weight is 232 g/mol. The Morgan fingerprint density at radius 1 is 1.29 bits per heavy atom. The second-order valence-electron chi connectivity index (χ2n) is 5.39. The lowest BCUT2D eigenvalue weighted by Crippen LogP contribution is -2.01. The molecule has 1 heteroatoms. The number of ketones is 1. The summed E-state index contributed by atoms with van der Waals surface area (Å²) >= 11 is 0. The third kappa shape index (κ3) is 3.08. The summed E-state index contributed by atoms with van der Waals surface area (Å²) in [4.78, 5) is 11.8. The summed E-state index contributed by atoms with van der Waals surface area (Å²) in [5, 5.41) is 0. The maximum absolute atomic E-state index is 11.8. The zero-order valence-corrected chi connectivity index (χ0v) is 11.0. The van der Waals surface area contributed by atoms with Gasteiger partial charge in [-0.1, -0.05) is 44.3 Å². The fourth-order valence-corrected chi connectivity index (χ4v) is 3.07. The fraction of sp³-hybridized carbons (Fsp3) is 0.688. The third-order valence-corrected chi connectivity index (χ3v) is 4.05. The molecule has 0 aromatic rings. The minimum absolute atomic E-state index is 0.304. The van der Waals surface area contributed by atoms with Crippen LogP contribution < -0.4 is 0 Å². The first kappa shape index (κ1) is 12.6. The van der Waals surface area contributed by atoms with Crippen LogP contribution in [0.1, 0.15) is 64.7 Å². The van der Waals surface area contributed by atoms with Crippen molar-refractivity contribution in [1.82, 2.24) is 0 Å². The second-order valence-corrected chi connectivity index (χ2v) is 5.39. The van der Waals surface area contributed by atoms with Crippen molar-refractivity contribution in [2.45, 2.75) is 64.7 Å². The molecule has 1 fully saturated rings. The Morgan fingerprint density at radius 2 is 2.12 bits per heavy atom. The molecule has 0 heterocycles. The lowest BCUT2D eigenvalue weighted by molar-refractivity contribution is -0.111. The Bertz CT molecular complexity index is 335. The standard InChI is InChI=1S/C16H24O/c1-2-3-4-5-6-7-10-15-14-11-8-9-13(14)12-16(15)17/h10,12,14H,2-9,11H2,1H3/b15-10+. The van der Waals surface area contributed by atoms with Crippen LogP contribution in [-0.4, -0.2) is 5.78 Å². The maximum atomic E-state index is 11.8. The molecule has 0 radical (unpaired) electrons.